The van der Waals surface area contributed by atoms with Crippen molar-refractivity contribution < 1.29 is 27.4 Å². The second-order valence-corrected chi connectivity index (χ2v) is 6.95. The van der Waals surface area contributed by atoms with E-state index >= 15 is 0 Å². The summed E-state index contributed by atoms with van der Waals surface area (Å²) in [6, 6.07) is 7.28. The largest absolute Gasteiger partial charge is 0.573 e. The minimum absolute atomic E-state index is 0.0794. The lowest BCUT2D eigenvalue weighted by molar-refractivity contribution is -0.274. The maximum atomic E-state index is 14.6. The van der Waals surface area contributed by atoms with Gasteiger partial charge in [-0.15, -0.1) is 13.2 Å². The molecular weight excluding hydrogens is 432 g/mol. The lowest BCUT2D eigenvalue weighted by Crippen LogP contribution is -2.45. The van der Waals surface area contributed by atoms with Crippen LogP contribution in [0.5, 0.6) is 11.5 Å². The van der Waals surface area contributed by atoms with Gasteiger partial charge in [0.15, 0.2) is 0 Å². The number of hydrogen-bond acceptors (Lipinski definition) is 4. The molecule has 9 heteroatoms. The molecule has 0 aliphatic carbocycles. The van der Waals surface area contributed by atoms with Gasteiger partial charge in [0.25, 0.3) is 0 Å². The number of benzene rings is 2. The van der Waals surface area contributed by atoms with Gasteiger partial charge in [-0.3, -0.25) is 4.90 Å². The van der Waals surface area contributed by atoms with E-state index in [0.29, 0.717) is 36.2 Å². The van der Waals surface area contributed by atoms with Gasteiger partial charge in [-0.2, -0.15) is 0 Å². The Kier molecular flexibility index (Phi) is 5.92. The fraction of sp³-hybridized carbons (Fsp3) is 0.333. The summed E-state index contributed by atoms with van der Waals surface area (Å²) >= 11 is 3.20. The molecule has 1 atom stereocenters. The molecule has 0 radical (unpaired) electrons. The van der Waals surface area contributed by atoms with Crippen molar-refractivity contribution in [3.63, 3.8) is 0 Å². The van der Waals surface area contributed by atoms with Crippen LogP contribution in [0.25, 0.3) is 0 Å². The first-order valence-electron chi connectivity index (χ1n) is 8.23. The lowest BCUT2D eigenvalue weighted by Gasteiger charge is -2.36. The van der Waals surface area contributed by atoms with E-state index in [0.717, 1.165) is 0 Å². The number of phenols is 1. The molecule has 0 saturated carbocycles. The van der Waals surface area contributed by atoms with Crippen molar-refractivity contribution in [2.75, 3.05) is 26.2 Å². The Morgan fingerprint density at radius 1 is 1.07 bits per heavy atom. The Bertz CT molecular complexity index is 793. The van der Waals surface area contributed by atoms with Crippen molar-refractivity contribution in [3.8, 4) is 11.5 Å². The zero-order chi connectivity index (χ0) is 19.6. The number of rotatable bonds is 4. The monoisotopic (exact) mass is 448 g/mol. The average Bonchev–Trinajstić information content (AvgIpc) is 2.62. The van der Waals surface area contributed by atoms with Gasteiger partial charge in [0.2, 0.25) is 0 Å². The van der Waals surface area contributed by atoms with Gasteiger partial charge in [0, 0.05) is 26.2 Å². The van der Waals surface area contributed by atoms with Crippen LogP contribution in [0.1, 0.15) is 17.2 Å². The highest BCUT2D eigenvalue weighted by molar-refractivity contribution is 9.10. The van der Waals surface area contributed by atoms with Crippen LogP contribution in [0.3, 0.4) is 0 Å². The first-order chi connectivity index (χ1) is 12.8. The fourth-order valence-corrected chi connectivity index (χ4v) is 3.51. The zero-order valence-corrected chi connectivity index (χ0v) is 15.6. The third kappa shape index (κ3) is 4.72. The van der Waals surface area contributed by atoms with E-state index in [1.165, 1.54) is 36.4 Å². The van der Waals surface area contributed by atoms with E-state index in [9.17, 15) is 22.7 Å². The molecule has 0 aromatic heterocycles. The van der Waals surface area contributed by atoms with E-state index in [1.807, 2.05) is 4.90 Å². The van der Waals surface area contributed by atoms with Crippen molar-refractivity contribution in [1.82, 2.24) is 10.2 Å². The Labute approximate surface area is 161 Å². The number of ether oxygens (including phenoxy) is 1. The maximum Gasteiger partial charge on any atom is 0.573 e. The Balaban J connectivity index is 2.02. The number of alkyl halides is 3. The third-order valence-corrected chi connectivity index (χ3v) is 4.97. The normalized spacial score (nSPS) is 16.9. The molecule has 1 aliphatic heterocycles. The Morgan fingerprint density at radius 2 is 1.70 bits per heavy atom. The molecule has 3 rings (SSSR count). The van der Waals surface area contributed by atoms with E-state index in [2.05, 4.69) is 26.0 Å². The van der Waals surface area contributed by atoms with Crippen LogP contribution in [0.15, 0.2) is 40.9 Å². The van der Waals surface area contributed by atoms with E-state index in [1.54, 1.807) is 0 Å². The average molecular weight is 449 g/mol. The van der Waals surface area contributed by atoms with Crippen LogP contribution in [0.2, 0.25) is 0 Å². The van der Waals surface area contributed by atoms with Gasteiger partial charge in [-0.05, 0) is 45.8 Å². The number of nitrogens with zero attached hydrogens (tertiary/aromatic N) is 1. The van der Waals surface area contributed by atoms with Crippen molar-refractivity contribution in [1.29, 1.82) is 0 Å². The van der Waals surface area contributed by atoms with Gasteiger partial charge in [0.1, 0.15) is 17.3 Å². The molecule has 2 aromatic carbocycles. The maximum absolute atomic E-state index is 14.6. The Hall–Kier alpha value is -1.84. The van der Waals surface area contributed by atoms with Crippen LogP contribution >= 0.6 is 15.9 Å². The van der Waals surface area contributed by atoms with E-state index in [4.69, 9.17) is 0 Å². The first-order valence-corrected chi connectivity index (χ1v) is 9.03. The predicted octanol–water partition coefficient (Wildman–Crippen LogP) is 4.19. The van der Waals surface area contributed by atoms with Gasteiger partial charge in [-0.1, -0.05) is 12.1 Å². The molecule has 1 fully saturated rings. The molecule has 146 valence electrons. The molecule has 0 spiro atoms. The summed E-state index contributed by atoms with van der Waals surface area (Å²) < 4.78 is 56.0. The number of hydrogen-bond donors (Lipinski definition) is 2. The highest BCUT2D eigenvalue weighted by Gasteiger charge is 2.32. The molecule has 2 N–H and O–H groups in total. The molecule has 4 nitrogen and oxygen atoms in total. The quantitative estimate of drug-likeness (QED) is 0.688. The summed E-state index contributed by atoms with van der Waals surface area (Å²) in [5.74, 6) is -1.17. The highest BCUT2D eigenvalue weighted by Crippen LogP contribution is 2.40. The first kappa shape index (κ1) is 19.9. The molecule has 0 unspecified atom stereocenters. The van der Waals surface area contributed by atoms with E-state index in [-0.39, 0.29) is 17.1 Å². The minimum atomic E-state index is -4.78. The summed E-state index contributed by atoms with van der Waals surface area (Å²) in [5.41, 5.74) is 0.634. The van der Waals surface area contributed by atoms with Crippen LogP contribution in [-0.4, -0.2) is 42.5 Å². The molecule has 27 heavy (non-hydrogen) atoms. The lowest BCUT2D eigenvalue weighted by atomic mass is 9.95. The predicted molar refractivity (Wildman–Crippen MR) is 95.2 cm³/mol. The third-order valence-electron chi connectivity index (χ3n) is 4.33. The SMILES string of the molecule is Oc1c(Br)ccc(F)c1[C@@H](c1ccc(OC(F)(F)F)cc1)N1CCNCC1. The highest BCUT2D eigenvalue weighted by atomic mass is 79.9. The fourth-order valence-electron chi connectivity index (χ4n) is 3.17. The van der Waals surface area contributed by atoms with Gasteiger partial charge >= 0.3 is 6.36 Å². The number of piperazine rings is 1. The number of aromatic hydroxyl groups is 1. The van der Waals surface area contributed by atoms with Gasteiger partial charge < -0.3 is 15.2 Å². The summed E-state index contributed by atoms with van der Waals surface area (Å²) in [4.78, 5) is 1.97. The van der Waals surface area contributed by atoms with Crippen molar-refractivity contribution in [2.45, 2.75) is 12.4 Å². The van der Waals surface area contributed by atoms with Crippen LogP contribution < -0.4 is 10.1 Å². The van der Waals surface area contributed by atoms with Crippen LogP contribution in [0.4, 0.5) is 17.6 Å². The molecular formula is C18H17BrF4N2O2. The standard InChI is InChI=1S/C18H17BrF4N2O2/c19-13-5-6-14(20)15(17(13)26)16(25-9-7-24-8-10-25)11-1-3-12(4-2-11)27-18(21,22)23/h1-6,16,24,26H,7-10H2/t16-/m1/s1. The molecule has 0 bridgehead atoms. The van der Waals surface area contributed by atoms with Gasteiger partial charge in [0.05, 0.1) is 16.1 Å². The van der Waals surface area contributed by atoms with E-state index < -0.39 is 18.2 Å². The van der Waals surface area contributed by atoms with Gasteiger partial charge in [-0.25, -0.2) is 4.39 Å². The molecule has 1 aliphatic rings. The number of halogens is 5. The molecule has 0 amide bonds. The van der Waals surface area contributed by atoms with Crippen molar-refractivity contribution >= 4 is 15.9 Å². The molecule has 1 heterocycles. The van der Waals surface area contributed by atoms with Crippen LogP contribution in [-0.2, 0) is 0 Å². The van der Waals surface area contributed by atoms with Crippen LogP contribution in [0, 0.1) is 5.82 Å². The zero-order valence-electron chi connectivity index (χ0n) is 14.1. The van der Waals surface area contributed by atoms with Crippen molar-refractivity contribution in [2.24, 2.45) is 0 Å². The Morgan fingerprint density at radius 3 is 2.30 bits per heavy atom. The molecule has 1 saturated heterocycles. The summed E-state index contributed by atoms with van der Waals surface area (Å²) in [6.45, 7) is 2.55. The topological polar surface area (TPSA) is 44.7 Å². The second-order valence-electron chi connectivity index (χ2n) is 6.10. The summed E-state index contributed by atoms with van der Waals surface area (Å²) in [7, 11) is 0. The second kappa shape index (κ2) is 8.04. The molecule has 2 aromatic rings. The number of phenolic OH excluding ortho intramolecular Hbond substituents is 1. The number of nitrogens with one attached hydrogen (secondary N) is 1. The summed E-state index contributed by atoms with van der Waals surface area (Å²) in [6.07, 6.45) is -4.78. The summed E-state index contributed by atoms with van der Waals surface area (Å²) in [5, 5.41) is 13.6. The minimum Gasteiger partial charge on any atom is -0.506 e. The smallest absolute Gasteiger partial charge is 0.506 e. The van der Waals surface area contributed by atoms with Crippen molar-refractivity contribution in [3.05, 3.63) is 57.8 Å².